The van der Waals surface area contributed by atoms with Gasteiger partial charge >= 0.3 is 0 Å². The third kappa shape index (κ3) is 5.95. The molecule has 0 saturated carbocycles. The summed E-state index contributed by atoms with van der Waals surface area (Å²) in [5, 5.41) is 2.80. The Kier molecular flexibility index (Phi) is 7.09. The number of para-hydroxylation sites is 2. The predicted molar refractivity (Wildman–Crippen MR) is 112 cm³/mol. The van der Waals surface area contributed by atoms with Gasteiger partial charge in [-0.1, -0.05) is 30.7 Å². The smallest absolute Gasteiger partial charge is 0.255 e. The molecule has 2 aromatic rings. The van der Waals surface area contributed by atoms with Crippen LogP contribution in [0.15, 0.2) is 47.4 Å². The van der Waals surface area contributed by atoms with Crippen LogP contribution < -0.4 is 14.8 Å². The number of benzene rings is 2. The van der Waals surface area contributed by atoms with E-state index in [9.17, 15) is 13.2 Å². The first-order valence-corrected chi connectivity index (χ1v) is 10.8. The molecule has 2 N–H and O–H groups in total. The van der Waals surface area contributed by atoms with Crippen LogP contribution in [0.3, 0.4) is 0 Å². The molecule has 0 fully saturated rings. The molecular weight excluding hydrogens is 400 g/mol. The van der Waals surface area contributed by atoms with Crippen LogP contribution in [0.25, 0.3) is 0 Å². The number of nitrogens with one attached hydrogen (secondary N) is 2. The van der Waals surface area contributed by atoms with Crippen molar-refractivity contribution in [3.05, 3.63) is 53.1 Å². The Morgan fingerprint density at radius 2 is 1.82 bits per heavy atom. The van der Waals surface area contributed by atoms with E-state index in [1.54, 1.807) is 39.0 Å². The molecule has 0 aromatic heterocycles. The first kappa shape index (κ1) is 22.2. The number of ether oxygens (including phenoxy) is 1. The third-order valence-electron chi connectivity index (χ3n) is 3.52. The summed E-state index contributed by atoms with van der Waals surface area (Å²) in [6, 6.07) is 11.2. The minimum atomic E-state index is -3.88. The van der Waals surface area contributed by atoms with Crippen LogP contribution in [-0.2, 0) is 10.0 Å². The van der Waals surface area contributed by atoms with Gasteiger partial charge in [-0.05, 0) is 57.5 Å². The lowest BCUT2D eigenvalue weighted by atomic mass is 10.1. The van der Waals surface area contributed by atoms with Crippen molar-refractivity contribution in [1.82, 2.24) is 4.72 Å². The van der Waals surface area contributed by atoms with Crippen LogP contribution in [0.4, 0.5) is 5.69 Å². The number of anilines is 1. The zero-order valence-electron chi connectivity index (χ0n) is 16.4. The zero-order chi connectivity index (χ0) is 20.9. The number of halogens is 1. The van der Waals surface area contributed by atoms with E-state index in [-0.39, 0.29) is 15.5 Å². The minimum Gasteiger partial charge on any atom is -0.491 e. The number of amides is 1. The Morgan fingerprint density at radius 3 is 2.46 bits per heavy atom. The number of hydrogen-bond acceptors (Lipinski definition) is 4. The second kappa shape index (κ2) is 8.94. The third-order valence-corrected chi connectivity index (χ3v) is 5.76. The monoisotopic (exact) mass is 424 g/mol. The molecule has 0 spiro atoms. The summed E-state index contributed by atoms with van der Waals surface area (Å²) in [7, 11) is -3.88. The summed E-state index contributed by atoms with van der Waals surface area (Å²) in [4.78, 5) is 12.5. The standard InChI is InChI=1S/C20H25ClN2O4S/c1-5-12-27-17-9-7-6-8-16(17)22-19(24)14-10-11-15(21)18(13-14)28(25,26)23-20(2,3)4/h6-11,13,23H,5,12H2,1-4H3,(H,22,24). The number of hydrogen-bond donors (Lipinski definition) is 2. The molecule has 8 heteroatoms. The average Bonchev–Trinajstić information content (AvgIpc) is 2.59. The summed E-state index contributed by atoms with van der Waals surface area (Å²) < 4.78 is 33.4. The normalized spacial score (nSPS) is 11.9. The second-order valence-electron chi connectivity index (χ2n) is 7.30. The Bertz CT molecular complexity index is 953. The van der Waals surface area contributed by atoms with Gasteiger partial charge in [-0.25, -0.2) is 13.1 Å². The van der Waals surface area contributed by atoms with E-state index in [4.69, 9.17) is 16.3 Å². The van der Waals surface area contributed by atoms with Crippen molar-refractivity contribution >= 4 is 33.2 Å². The molecule has 0 aliphatic rings. The maximum Gasteiger partial charge on any atom is 0.255 e. The van der Waals surface area contributed by atoms with Crippen molar-refractivity contribution in [2.24, 2.45) is 0 Å². The van der Waals surface area contributed by atoms with Crippen LogP contribution in [0.2, 0.25) is 5.02 Å². The van der Waals surface area contributed by atoms with Crippen LogP contribution >= 0.6 is 11.6 Å². The van der Waals surface area contributed by atoms with E-state index >= 15 is 0 Å². The molecular formula is C20H25ClN2O4S. The number of carbonyl (C=O) groups excluding carboxylic acids is 1. The summed E-state index contributed by atoms with van der Waals surface area (Å²) in [5.41, 5.74) is -0.00667. The maximum atomic E-state index is 12.7. The van der Waals surface area contributed by atoms with Gasteiger partial charge in [-0.15, -0.1) is 0 Å². The van der Waals surface area contributed by atoms with Crippen molar-refractivity contribution in [3.63, 3.8) is 0 Å². The molecule has 0 saturated heterocycles. The molecule has 2 aromatic carbocycles. The Morgan fingerprint density at radius 1 is 1.14 bits per heavy atom. The number of sulfonamides is 1. The average molecular weight is 425 g/mol. The van der Waals surface area contributed by atoms with Crippen LogP contribution in [0, 0.1) is 0 Å². The van der Waals surface area contributed by atoms with Crippen molar-refractivity contribution in [3.8, 4) is 5.75 Å². The van der Waals surface area contributed by atoms with Gasteiger partial charge in [0.05, 0.1) is 17.3 Å². The fourth-order valence-electron chi connectivity index (χ4n) is 2.41. The highest BCUT2D eigenvalue weighted by Crippen LogP contribution is 2.27. The van der Waals surface area contributed by atoms with Crippen LogP contribution in [0.5, 0.6) is 5.75 Å². The lowest BCUT2D eigenvalue weighted by Gasteiger charge is -2.21. The van der Waals surface area contributed by atoms with E-state index in [2.05, 4.69) is 10.0 Å². The molecule has 152 valence electrons. The summed E-state index contributed by atoms with van der Waals surface area (Å²) in [6.07, 6.45) is 0.835. The lowest BCUT2D eigenvalue weighted by molar-refractivity contribution is 0.102. The molecule has 0 aliphatic carbocycles. The highest BCUT2D eigenvalue weighted by Gasteiger charge is 2.25. The van der Waals surface area contributed by atoms with Gasteiger partial charge in [0.1, 0.15) is 10.6 Å². The molecule has 6 nitrogen and oxygen atoms in total. The molecule has 0 unspecified atom stereocenters. The van der Waals surface area contributed by atoms with Crippen LogP contribution in [0.1, 0.15) is 44.5 Å². The number of carbonyl (C=O) groups is 1. The van der Waals surface area contributed by atoms with Crippen molar-refractivity contribution in [2.45, 2.75) is 44.6 Å². The molecule has 28 heavy (non-hydrogen) atoms. The summed E-state index contributed by atoms with van der Waals surface area (Å²) in [5.74, 6) is 0.0883. The topological polar surface area (TPSA) is 84.5 Å². The molecule has 1 amide bonds. The van der Waals surface area contributed by atoms with Gasteiger partial charge in [0.15, 0.2) is 0 Å². The van der Waals surface area contributed by atoms with Crippen LogP contribution in [-0.4, -0.2) is 26.5 Å². The van der Waals surface area contributed by atoms with E-state index in [0.29, 0.717) is 18.0 Å². The van der Waals surface area contributed by atoms with Crippen molar-refractivity contribution < 1.29 is 17.9 Å². The maximum absolute atomic E-state index is 12.7. The Hall–Kier alpha value is -2.09. The van der Waals surface area contributed by atoms with E-state index in [0.717, 1.165) is 6.42 Å². The molecule has 0 atom stereocenters. The fourth-order valence-corrected chi connectivity index (χ4v) is 4.36. The van der Waals surface area contributed by atoms with E-state index < -0.39 is 21.5 Å². The van der Waals surface area contributed by atoms with Crippen molar-refractivity contribution in [2.75, 3.05) is 11.9 Å². The molecule has 0 heterocycles. The first-order chi connectivity index (χ1) is 13.0. The fraction of sp³-hybridized carbons (Fsp3) is 0.350. The number of rotatable bonds is 7. The van der Waals surface area contributed by atoms with Gasteiger partial charge in [0, 0.05) is 11.1 Å². The highest BCUT2D eigenvalue weighted by molar-refractivity contribution is 7.89. The summed E-state index contributed by atoms with van der Waals surface area (Å²) >= 11 is 6.09. The lowest BCUT2D eigenvalue weighted by Crippen LogP contribution is -2.40. The molecule has 0 radical (unpaired) electrons. The van der Waals surface area contributed by atoms with Gasteiger partial charge in [0.25, 0.3) is 5.91 Å². The van der Waals surface area contributed by atoms with Crippen molar-refractivity contribution in [1.29, 1.82) is 0 Å². The molecule has 0 aliphatic heterocycles. The summed E-state index contributed by atoms with van der Waals surface area (Å²) in [6.45, 7) is 7.68. The minimum absolute atomic E-state index is 0.0416. The highest BCUT2D eigenvalue weighted by atomic mass is 35.5. The quantitative estimate of drug-likeness (QED) is 0.687. The molecule has 2 rings (SSSR count). The SMILES string of the molecule is CCCOc1ccccc1NC(=O)c1ccc(Cl)c(S(=O)(=O)NC(C)(C)C)c1. The Labute approximate surface area is 171 Å². The van der Waals surface area contributed by atoms with Gasteiger partial charge in [0.2, 0.25) is 10.0 Å². The van der Waals surface area contributed by atoms with E-state index in [1.165, 1.54) is 18.2 Å². The molecule has 0 bridgehead atoms. The van der Waals surface area contributed by atoms with E-state index in [1.807, 2.05) is 13.0 Å². The zero-order valence-corrected chi connectivity index (χ0v) is 17.9. The Balaban J connectivity index is 2.31. The predicted octanol–water partition coefficient (Wildman–Crippen LogP) is 4.46. The van der Waals surface area contributed by atoms with Gasteiger partial charge in [-0.3, -0.25) is 4.79 Å². The largest absolute Gasteiger partial charge is 0.491 e. The second-order valence-corrected chi connectivity index (χ2v) is 9.36. The van der Waals surface area contributed by atoms with Gasteiger partial charge < -0.3 is 10.1 Å². The van der Waals surface area contributed by atoms with Gasteiger partial charge in [-0.2, -0.15) is 0 Å². The first-order valence-electron chi connectivity index (χ1n) is 8.90.